The van der Waals surface area contributed by atoms with Gasteiger partial charge < -0.3 is 23.9 Å². The summed E-state index contributed by atoms with van der Waals surface area (Å²) in [5.41, 5.74) is 2.44. The molecule has 0 aliphatic carbocycles. The van der Waals surface area contributed by atoms with Gasteiger partial charge in [-0.25, -0.2) is 4.98 Å². The largest absolute Gasteiger partial charge is 0.493 e. The molecule has 0 aliphatic rings. The van der Waals surface area contributed by atoms with E-state index in [2.05, 4.69) is 38.0 Å². The highest BCUT2D eigenvalue weighted by molar-refractivity contribution is 14.1. The van der Waals surface area contributed by atoms with Gasteiger partial charge in [-0.15, -0.1) is 0 Å². The first-order valence-electron chi connectivity index (χ1n) is 10.7. The van der Waals surface area contributed by atoms with Crippen molar-refractivity contribution in [3.05, 3.63) is 75.6 Å². The molecule has 3 aromatic heterocycles. The number of aromatic nitrogens is 4. The van der Waals surface area contributed by atoms with Gasteiger partial charge in [-0.1, -0.05) is 6.07 Å². The zero-order chi connectivity index (χ0) is 24.4. The molecule has 5 aromatic rings. The van der Waals surface area contributed by atoms with Gasteiger partial charge in [-0.3, -0.25) is 0 Å². The lowest BCUT2D eigenvalue weighted by atomic mass is 10.2. The summed E-state index contributed by atoms with van der Waals surface area (Å²) in [7, 11) is 3.23. The van der Waals surface area contributed by atoms with Crippen molar-refractivity contribution in [3.63, 3.8) is 0 Å². The molecule has 0 bridgehead atoms. The van der Waals surface area contributed by atoms with E-state index in [4.69, 9.17) is 23.6 Å². The predicted molar refractivity (Wildman–Crippen MR) is 139 cm³/mol. The number of benzene rings is 2. The summed E-state index contributed by atoms with van der Waals surface area (Å²) in [4.78, 5) is 9.10. The summed E-state index contributed by atoms with van der Waals surface area (Å²) >= 11 is 2.25. The Bertz CT molecular complexity index is 1480. The number of fused-ring (bicyclic) bond motifs is 1. The monoisotopic (exact) mass is 583 g/mol. The maximum Gasteiger partial charge on any atom is 0.228 e. The summed E-state index contributed by atoms with van der Waals surface area (Å²) in [6, 6.07) is 17.2. The topological polar surface area (TPSA) is 95.9 Å². The van der Waals surface area contributed by atoms with Gasteiger partial charge in [0.1, 0.15) is 12.1 Å². The van der Waals surface area contributed by atoms with Crippen molar-refractivity contribution in [2.45, 2.75) is 13.5 Å². The summed E-state index contributed by atoms with van der Waals surface area (Å²) in [5.74, 6) is 4.09. The highest BCUT2D eigenvalue weighted by Gasteiger charge is 2.19. The van der Waals surface area contributed by atoms with Crippen LogP contribution in [0.25, 0.3) is 17.2 Å². The first-order valence-corrected chi connectivity index (χ1v) is 11.8. The van der Waals surface area contributed by atoms with Crippen molar-refractivity contribution in [3.8, 4) is 34.7 Å². The van der Waals surface area contributed by atoms with Gasteiger partial charge in [0.25, 0.3) is 0 Å². The number of nitrogens with zero attached hydrogens (tertiary/aromatic N) is 4. The van der Waals surface area contributed by atoms with Crippen LogP contribution in [0, 0.1) is 10.5 Å². The molecule has 0 unspecified atom stereocenters. The van der Waals surface area contributed by atoms with Crippen LogP contribution < -0.4 is 19.5 Å². The van der Waals surface area contributed by atoms with E-state index in [1.54, 1.807) is 18.7 Å². The number of aryl methyl sites for hydroxylation is 1. The van der Waals surface area contributed by atoms with Crippen molar-refractivity contribution < 1.29 is 18.6 Å². The first kappa shape index (κ1) is 23.0. The smallest absolute Gasteiger partial charge is 0.228 e. The van der Waals surface area contributed by atoms with Gasteiger partial charge in [0.15, 0.2) is 28.8 Å². The molecule has 1 N–H and O–H groups in total. The van der Waals surface area contributed by atoms with E-state index < -0.39 is 0 Å². The van der Waals surface area contributed by atoms with Crippen molar-refractivity contribution in [2.24, 2.45) is 0 Å². The number of rotatable bonds is 8. The van der Waals surface area contributed by atoms with Crippen LogP contribution in [0.1, 0.15) is 11.1 Å². The third kappa shape index (κ3) is 4.74. The van der Waals surface area contributed by atoms with E-state index in [-0.39, 0.29) is 0 Å². The van der Waals surface area contributed by atoms with Crippen molar-refractivity contribution in [1.82, 2.24) is 19.6 Å². The van der Waals surface area contributed by atoms with Crippen LogP contribution in [0.4, 0.5) is 5.88 Å². The molecule has 0 atom stereocenters. The lowest BCUT2D eigenvalue weighted by Crippen LogP contribution is -2.03. The summed E-state index contributed by atoms with van der Waals surface area (Å²) in [5, 5.41) is 7.62. The van der Waals surface area contributed by atoms with Crippen LogP contribution in [0.5, 0.6) is 23.1 Å². The summed E-state index contributed by atoms with van der Waals surface area (Å²) < 4.78 is 25.6. The van der Waals surface area contributed by atoms with E-state index in [9.17, 15) is 0 Å². The molecule has 2 aromatic carbocycles. The second-order valence-corrected chi connectivity index (χ2v) is 8.87. The quantitative estimate of drug-likeness (QED) is 0.232. The van der Waals surface area contributed by atoms with Crippen LogP contribution in [0.15, 0.2) is 65.3 Å². The predicted octanol–water partition coefficient (Wildman–Crippen LogP) is 5.72. The fourth-order valence-corrected chi connectivity index (χ4v) is 3.94. The Morgan fingerprint density at radius 3 is 2.57 bits per heavy atom. The Kier molecular flexibility index (Phi) is 6.45. The number of nitrogens with one attached hydrogen (secondary N) is 1. The number of hydrogen-bond donors (Lipinski definition) is 1. The zero-order valence-electron chi connectivity index (χ0n) is 19.3. The molecule has 0 saturated heterocycles. The van der Waals surface area contributed by atoms with Crippen molar-refractivity contribution >= 4 is 34.1 Å². The third-order valence-corrected chi connectivity index (χ3v) is 6.10. The van der Waals surface area contributed by atoms with Gasteiger partial charge in [0.05, 0.1) is 19.8 Å². The second kappa shape index (κ2) is 9.82. The maximum atomic E-state index is 6.08. The van der Waals surface area contributed by atoms with Gasteiger partial charge in [-0.05, 0) is 77.5 Å². The maximum absolute atomic E-state index is 6.08. The molecule has 10 heteroatoms. The van der Waals surface area contributed by atoms with Crippen LogP contribution in [0.2, 0.25) is 0 Å². The average molecular weight is 583 g/mol. The fraction of sp³-hybridized carbons (Fsp3) is 0.160. The van der Waals surface area contributed by atoms with E-state index in [0.717, 1.165) is 14.7 Å². The minimum atomic E-state index is 0.443. The second-order valence-electron chi connectivity index (χ2n) is 7.62. The van der Waals surface area contributed by atoms with Crippen LogP contribution in [-0.4, -0.2) is 33.8 Å². The number of furan rings is 1. The standard InChI is InChI=1S/C25H22IN5O4/c1-15-23-28-14-29-31(23)24(30-25(15)34-18-7-5-17(26)6-8-18)20-10-11-22(35-20)27-13-16-4-9-19(32-2)21(12-16)33-3/h4-12,14,27H,13H2,1-3H3. The highest BCUT2D eigenvalue weighted by atomic mass is 127. The molecule has 0 saturated carbocycles. The molecule has 35 heavy (non-hydrogen) atoms. The van der Waals surface area contributed by atoms with Crippen LogP contribution >= 0.6 is 22.6 Å². The van der Waals surface area contributed by atoms with E-state index >= 15 is 0 Å². The van der Waals surface area contributed by atoms with E-state index in [0.29, 0.717) is 52.8 Å². The van der Waals surface area contributed by atoms with Gasteiger partial charge in [0, 0.05) is 16.2 Å². The van der Waals surface area contributed by atoms with E-state index in [1.165, 1.54) is 6.33 Å². The van der Waals surface area contributed by atoms with Gasteiger partial charge in [-0.2, -0.15) is 14.6 Å². The number of ether oxygens (including phenoxy) is 3. The molecule has 3 heterocycles. The molecule has 5 rings (SSSR count). The minimum absolute atomic E-state index is 0.443. The molecular formula is C25H22IN5O4. The Morgan fingerprint density at radius 2 is 1.80 bits per heavy atom. The molecule has 0 aliphatic heterocycles. The fourth-order valence-electron chi connectivity index (χ4n) is 3.58. The van der Waals surface area contributed by atoms with E-state index in [1.807, 2.05) is 61.5 Å². The first-order chi connectivity index (χ1) is 17.1. The molecule has 0 spiro atoms. The Hall–Kier alpha value is -3.80. The normalized spacial score (nSPS) is 11.0. The van der Waals surface area contributed by atoms with Gasteiger partial charge in [0.2, 0.25) is 11.7 Å². The summed E-state index contributed by atoms with van der Waals surface area (Å²) in [6.45, 7) is 2.44. The Morgan fingerprint density at radius 1 is 1.00 bits per heavy atom. The van der Waals surface area contributed by atoms with Gasteiger partial charge >= 0.3 is 0 Å². The molecule has 0 fully saturated rings. The molecule has 9 nitrogen and oxygen atoms in total. The molecular weight excluding hydrogens is 561 g/mol. The number of methoxy groups -OCH3 is 2. The lowest BCUT2D eigenvalue weighted by Gasteiger charge is -2.11. The number of hydrogen-bond acceptors (Lipinski definition) is 8. The SMILES string of the molecule is COc1ccc(CNc2ccc(-c3nc(Oc4ccc(I)cc4)c(C)c4ncnn34)o2)cc1OC. The molecule has 178 valence electrons. The molecule has 0 amide bonds. The average Bonchev–Trinajstić information content (AvgIpc) is 3.56. The number of halogens is 1. The number of anilines is 1. The van der Waals surface area contributed by atoms with Crippen LogP contribution in [-0.2, 0) is 6.54 Å². The van der Waals surface area contributed by atoms with Crippen LogP contribution in [0.3, 0.4) is 0 Å². The Labute approximate surface area is 215 Å². The lowest BCUT2D eigenvalue weighted by molar-refractivity contribution is 0.354. The van der Waals surface area contributed by atoms with Crippen molar-refractivity contribution in [2.75, 3.05) is 19.5 Å². The summed E-state index contributed by atoms with van der Waals surface area (Å²) in [6.07, 6.45) is 1.49. The Balaban J connectivity index is 1.41. The zero-order valence-corrected chi connectivity index (χ0v) is 21.4. The third-order valence-electron chi connectivity index (χ3n) is 5.38. The minimum Gasteiger partial charge on any atom is -0.493 e. The highest BCUT2D eigenvalue weighted by Crippen LogP contribution is 2.32. The van der Waals surface area contributed by atoms with Crippen molar-refractivity contribution in [1.29, 1.82) is 0 Å². The molecule has 0 radical (unpaired) electrons.